The average Bonchev–Trinajstić information content (AvgIpc) is 3.72. The number of morpholine rings is 1. The molecule has 4 rings (SSSR count). The van der Waals surface area contributed by atoms with E-state index >= 15 is 0 Å². The van der Waals surface area contributed by atoms with Crippen LogP contribution in [0.15, 0.2) is 73.3 Å². The van der Waals surface area contributed by atoms with Gasteiger partial charge < -0.3 is 9.64 Å². The Morgan fingerprint density at radius 2 is 1.51 bits per heavy atom. The van der Waals surface area contributed by atoms with Crippen LogP contribution in [0, 0.1) is 0 Å². The molecule has 0 aromatic heterocycles. The van der Waals surface area contributed by atoms with Gasteiger partial charge >= 0.3 is 0 Å². The molecule has 1 heterocycles. The van der Waals surface area contributed by atoms with Crippen LogP contribution in [0.5, 0.6) is 0 Å². The van der Waals surface area contributed by atoms with Gasteiger partial charge in [0.15, 0.2) is 0 Å². The minimum atomic E-state index is -0.565. The van der Waals surface area contributed by atoms with Crippen molar-refractivity contribution >= 4 is 40.9 Å². The summed E-state index contributed by atoms with van der Waals surface area (Å²) >= 11 is 11.1. The Balaban J connectivity index is 0.000000289. The summed E-state index contributed by atoms with van der Waals surface area (Å²) in [5, 5.41) is 1.59. The topological polar surface area (TPSA) is 87.7 Å². The first kappa shape index (κ1) is 30.2. The predicted molar refractivity (Wildman–Crippen MR) is 140 cm³/mol. The number of nitrogens with one attached hydrogen (secondary N) is 2. The van der Waals surface area contributed by atoms with E-state index in [0.29, 0.717) is 19.6 Å². The van der Waals surface area contributed by atoms with Gasteiger partial charge in [0, 0.05) is 29.9 Å². The summed E-state index contributed by atoms with van der Waals surface area (Å²) < 4.78 is 5.28. The van der Waals surface area contributed by atoms with Crippen molar-refractivity contribution in [3.05, 3.63) is 83.4 Å². The minimum Gasteiger partial charge on any atom is -0.366 e. The van der Waals surface area contributed by atoms with Crippen molar-refractivity contribution in [2.75, 3.05) is 19.7 Å². The molecule has 9 heteroatoms. The molecule has 3 amide bonds. The fourth-order valence-electron chi connectivity index (χ4n) is 2.37. The molecule has 2 aromatic carbocycles. The fourth-order valence-corrected chi connectivity index (χ4v) is 2.66. The number of amides is 3. The largest absolute Gasteiger partial charge is 0.366 e. The van der Waals surface area contributed by atoms with Crippen molar-refractivity contribution in [1.29, 1.82) is 0 Å². The summed E-state index contributed by atoms with van der Waals surface area (Å²) in [6.07, 6.45) is 5.95. The molecule has 2 aliphatic rings. The Hall–Kier alpha value is -2.87. The second-order valence-electron chi connectivity index (χ2n) is 7.52. The highest BCUT2D eigenvalue weighted by Crippen LogP contribution is 2.15. The van der Waals surface area contributed by atoms with Crippen molar-refractivity contribution in [1.82, 2.24) is 15.8 Å². The van der Waals surface area contributed by atoms with Gasteiger partial charge in [0.05, 0.1) is 6.61 Å². The van der Waals surface area contributed by atoms with Gasteiger partial charge in [0.2, 0.25) is 5.91 Å². The number of halogens is 2. The van der Waals surface area contributed by atoms with E-state index in [9.17, 15) is 14.4 Å². The zero-order valence-electron chi connectivity index (χ0n) is 19.9. The van der Waals surface area contributed by atoms with Gasteiger partial charge in [0.1, 0.15) is 12.6 Å². The lowest BCUT2D eigenvalue weighted by Crippen LogP contribution is -2.53. The van der Waals surface area contributed by atoms with Gasteiger partial charge in [0.25, 0.3) is 11.8 Å². The van der Waals surface area contributed by atoms with E-state index < -0.39 is 12.0 Å². The minimum absolute atomic E-state index is 0.101. The Morgan fingerprint density at radius 1 is 1.00 bits per heavy atom. The van der Waals surface area contributed by atoms with Crippen molar-refractivity contribution in [3.63, 3.8) is 0 Å². The molecule has 2 fully saturated rings. The highest BCUT2D eigenvalue weighted by molar-refractivity contribution is 6.30. The van der Waals surface area contributed by atoms with E-state index in [-0.39, 0.29) is 18.4 Å². The zero-order chi connectivity index (χ0) is 25.9. The van der Waals surface area contributed by atoms with E-state index in [1.54, 1.807) is 6.08 Å². The fraction of sp³-hybridized carbons (Fsp3) is 0.346. The molecule has 1 aliphatic carbocycles. The second-order valence-corrected chi connectivity index (χ2v) is 8.40. The second kappa shape index (κ2) is 18.5. The third-order valence-electron chi connectivity index (χ3n) is 4.18. The summed E-state index contributed by atoms with van der Waals surface area (Å²) in [6.45, 7) is 5.47. The molecule has 190 valence electrons. The summed E-state index contributed by atoms with van der Waals surface area (Å²) in [7, 11) is 0. The molecule has 1 unspecified atom stereocenters. The molecular formula is C26H33Cl2N3O4. The molecule has 0 bridgehead atoms. The molecule has 35 heavy (non-hydrogen) atoms. The van der Waals surface area contributed by atoms with Gasteiger partial charge in [-0.3, -0.25) is 25.2 Å². The van der Waals surface area contributed by atoms with E-state index in [0.717, 1.165) is 10.0 Å². The lowest BCUT2D eigenvalue weighted by molar-refractivity contribution is -0.154. The number of rotatable bonds is 4. The highest BCUT2D eigenvalue weighted by Gasteiger charge is 2.29. The molecule has 0 radical (unpaired) electrons. The lowest BCUT2D eigenvalue weighted by atomic mass is 10.2. The monoisotopic (exact) mass is 521 g/mol. The maximum absolute atomic E-state index is 11.9. The molecule has 1 aliphatic heterocycles. The van der Waals surface area contributed by atoms with Crippen LogP contribution in [-0.4, -0.2) is 48.4 Å². The molecule has 0 spiro atoms. The summed E-state index contributed by atoms with van der Waals surface area (Å²) in [5.41, 5.74) is 4.37. The average molecular weight is 522 g/mol. The first-order valence-electron chi connectivity index (χ1n) is 11.3. The molecule has 1 saturated heterocycles. The van der Waals surface area contributed by atoms with Crippen LogP contribution < -0.4 is 10.9 Å². The predicted octanol–water partition coefficient (Wildman–Crippen LogP) is 4.81. The zero-order valence-corrected chi connectivity index (χ0v) is 21.4. The molecule has 1 atom stereocenters. The van der Waals surface area contributed by atoms with Gasteiger partial charge in [-0.15, -0.1) is 6.58 Å². The molecule has 2 N–H and O–H groups in total. The Labute approximate surface area is 217 Å². The third kappa shape index (κ3) is 16.4. The van der Waals surface area contributed by atoms with Gasteiger partial charge in [-0.05, 0) is 24.3 Å². The Kier molecular flexibility index (Phi) is 15.9. The first-order chi connectivity index (χ1) is 16.8. The highest BCUT2D eigenvalue weighted by atomic mass is 35.5. The number of carbonyl (C=O) groups is 3. The maximum Gasteiger partial charge on any atom is 0.257 e. The van der Waals surface area contributed by atoms with Crippen LogP contribution in [-0.2, 0) is 19.1 Å². The van der Waals surface area contributed by atoms with Crippen LogP contribution in [0.4, 0.5) is 0 Å². The molecule has 7 nitrogen and oxygen atoms in total. The molecule has 2 aromatic rings. The van der Waals surface area contributed by atoms with Crippen molar-refractivity contribution in [2.24, 2.45) is 0 Å². The standard InChI is InChI=1S/C11H17N3O4.2C6H5Cl.C3H6/c1-3-4-9-11(17)14(5-6-18-9)7-10(16)13-12-8(2)15;2*7-6-4-2-1-3-5-6;1-2-3-1/h3,9H,1,4-7H2,2H3,(H,12,15)(H,13,16);2*1-5H;1-3H2. The van der Waals surface area contributed by atoms with Crippen LogP contribution >= 0.6 is 23.2 Å². The number of hydrogen-bond donors (Lipinski definition) is 2. The van der Waals surface area contributed by atoms with Gasteiger partial charge in [-0.25, -0.2) is 0 Å². The molecule has 1 saturated carbocycles. The van der Waals surface area contributed by atoms with Crippen LogP contribution in [0.2, 0.25) is 10.0 Å². The first-order valence-corrected chi connectivity index (χ1v) is 12.1. The quantitative estimate of drug-likeness (QED) is 0.446. The summed E-state index contributed by atoms with van der Waals surface area (Å²) in [4.78, 5) is 35.3. The van der Waals surface area contributed by atoms with Crippen molar-refractivity contribution in [3.8, 4) is 0 Å². The Bertz CT molecular complexity index is 856. The maximum atomic E-state index is 11.9. The van der Waals surface area contributed by atoms with Crippen molar-refractivity contribution < 1.29 is 19.1 Å². The van der Waals surface area contributed by atoms with Gasteiger partial charge in [-0.1, -0.05) is 84.9 Å². The lowest BCUT2D eigenvalue weighted by Gasteiger charge is -2.31. The number of benzene rings is 2. The number of carbonyl (C=O) groups excluding carboxylic acids is 3. The van der Waals surface area contributed by atoms with E-state index in [2.05, 4.69) is 17.4 Å². The number of ether oxygens (including phenoxy) is 1. The SMILES string of the molecule is C1CC1.C=CCC1OCCN(CC(=O)NNC(C)=O)C1=O.Clc1ccccc1.Clc1ccccc1. The van der Waals surface area contributed by atoms with Crippen LogP contribution in [0.25, 0.3) is 0 Å². The third-order valence-corrected chi connectivity index (χ3v) is 4.68. The van der Waals surface area contributed by atoms with Crippen LogP contribution in [0.1, 0.15) is 32.6 Å². The van der Waals surface area contributed by atoms with Crippen LogP contribution in [0.3, 0.4) is 0 Å². The number of nitrogens with zero attached hydrogens (tertiary/aromatic N) is 1. The number of hydrazine groups is 1. The van der Waals surface area contributed by atoms with E-state index in [1.807, 2.05) is 60.7 Å². The Morgan fingerprint density at radius 3 is 1.89 bits per heavy atom. The summed E-state index contributed by atoms with van der Waals surface area (Å²) in [6, 6.07) is 18.9. The number of hydrogen-bond acceptors (Lipinski definition) is 4. The summed E-state index contributed by atoms with van der Waals surface area (Å²) in [5.74, 6) is -1.06. The van der Waals surface area contributed by atoms with E-state index in [4.69, 9.17) is 27.9 Å². The van der Waals surface area contributed by atoms with Gasteiger partial charge in [-0.2, -0.15) is 0 Å². The smallest absolute Gasteiger partial charge is 0.257 e. The van der Waals surface area contributed by atoms with E-state index in [1.165, 1.54) is 31.1 Å². The normalized spacial score (nSPS) is 15.5. The molecular weight excluding hydrogens is 489 g/mol. The van der Waals surface area contributed by atoms with Crippen molar-refractivity contribution in [2.45, 2.75) is 38.7 Å².